The zero-order valence-electron chi connectivity index (χ0n) is 7.62. The van der Waals surface area contributed by atoms with Crippen LogP contribution in [-0.4, -0.2) is 35.1 Å². The molecule has 70 valence electrons. The lowest BCUT2D eigenvalue weighted by Crippen LogP contribution is -2.41. The van der Waals surface area contributed by atoms with Gasteiger partial charge in [0.25, 0.3) is 5.91 Å². The van der Waals surface area contributed by atoms with E-state index in [2.05, 4.69) is 0 Å². The zero-order chi connectivity index (χ0) is 8.97. The van der Waals surface area contributed by atoms with E-state index in [1.807, 2.05) is 6.92 Å². The molecule has 1 N–H and O–H groups in total. The number of nitrogens with zero attached hydrogens (tertiary/aromatic N) is 1. The van der Waals surface area contributed by atoms with E-state index in [0.29, 0.717) is 6.42 Å². The van der Waals surface area contributed by atoms with Crippen molar-refractivity contribution in [3.8, 4) is 0 Å². The topological polar surface area (TPSA) is 40.5 Å². The second-order valence-corrected chi connectivity index (χ2v) is 3.31. The van der Waals surface area contributed by atoms with Crippen LogP contribution in [0, 0.1) is 0 Å². The van der Waals surface area contributed by atoms with Crippen LogP contribution in [0.4, 0.5) is 0 Å². The maximum Gasteiger partial charge on any atom is 0.251 e. The van der Waals surface area contributed by atoms with Crippen molar-refractivity contribution in [2.45, 2.75) is 38.7 Å². The third-order valence-corrected chi connectivity index (χ3v) is 2.34. The molecular weight excluding hydrogens is 154 g/mol. The van der Waals surface area contributed by atoms with Crippen LogP contribution in [0.1, 0.15) is 32.6 Å². The Hall–Kier alpha value is -0.570. The Balaban J connectivity index is 2.39. The van der Waals surface area contributed by atoms with Crippen molar-refractivity contribution in [2.75, 3.05) is 13.1 Å². The largest absolute Gasteiger partial charge is 0.383 e. The molecule has 3 nitrogen and oxygen atoms in total. The summed E-state index contributed by atoms with van der Waals surface area (Å²) in [5.74, 6) is -0.0859. The number of piperidine rings is 1. The summed E-state index contributed by atoms with van der Waals surface area (Å²) >= 11 is 0. The summed E-state index contributed by atoms with van der Waals surface area (Å²) in [6.07, 6.45) is 3.13. The smallest absolute Gasteiger partial charge is 0.251 e. The predicted octanol–water partition coefficient (Wildman–Crippen LogP) is 0.770. The molecule has 3 heteroatoms. The van der Waals surface area contributed by atoms with E-state index in [0.717, 1.165) is 25.9 Å². The highest BCUT2D eigenvalue weighted by atomic mass is 16.3. The van der Waals surface area contributed by atoms with Gasteiger partial charge in [-0.15, -0.1) is 0 Å². The SMILES string of the molecule is CCC(O)C(=O)N1CCCCC1. The van der Waals surface area contributed by atoms with E-state index >= 15 is 0 Å². The van der Waals surface area contributed by atoms with Gasteiger partial charge in [0.2, 0.25) is 0 Å². The lowest BCUT2D eigenvalue weighted by molar-refractivity contribution is -0.141. The van der Waals surface area contributed by atoms with Gasteiger partial charge in [-0.25, -0.2) is 0 Å². The second kappa shape index (κ2) is 4.45. The van der Waals surface area contributed by atoms with Crippen LogP contribution in [0.5, 0.6) is 0 Å². The lowest BCUT2D eigenvalue weighted by Gasteiger charge is -2.28. The maximum atomic E-state index is 11.4. The average Bonchev–Trinajstić information content (AvgIpc) is 2.17. The maximum absolute atomic E-state index is 11.4. The first-order chi connectivity index (χ1) is 5.75. The molecule has 1 atom stereocenters. The van der Waals surface area contributed by atoms with Gasteiger partial charge in [-0.05, 0) is 25.7 Å². The van der Waals surface area contributed by atoms with Crippen LogP contribution in [0.2, 0.25) is 0 Å². The molecule has 1 amide bonds. The van der Waals surface area contributed by atoms with Crippen LogP contribution in [0.15, 0.2) is 0 Å². The number of rotatable bonds is 2. The van der Waals surface area contributed by atoms with Crippen LogP contribution in [0.25, 0.3) is 0 Å². The number of carbonyl (C=O) groups is 1. The summed E-state index contributed by atoms with van der Waals surface area (Å²) in [6, 6.07) is 0. The number of amides is 1. The lowest BCUT2D eigenvalue weighted by atomic mass is 10.1. The van der Waals surface area contributed by atoms with E-state index < -0.39 is 6.10 Å². The fourth-order valence-electron chi connectivity index (χ4n) is 1.50. The Morgan fingerprint density at radius 1 is 1.42 bits per heavy atom. The third-order valence-electron chi connectivity index (χ3n) is 2.34. The number of hydrogen-bond acceptors (Lipinski definition) is 2. The molecule has 0 aromatic rings. The molecule has 1 aliphatic rings. The highest BCUT2D eigenvalue weighted by Gasteiger charge is 2.21. The third kappa shape index (κ3) is 2.21. The van der Waals surface area contributed by atoms with Crippen molar-refractivity contribution in [1.29, 1.82) is 0 Å². The van der Waals surface area contributed by atoms with E-state index in [9.17, 15) is 9.90 Å². The summed E-state index contributed by atoms with van der Waals surface area (Å²) < 4.78 is 0. The second-order valence-electron chi connectivity index (χ2n) is 3.31. The van der Waals surface area contributed by atoms with Crippen molar-refractivity contribution in [1.82, 2.24) is 4.90 Å². The molecule has 0 bridgehead atoms. The quantitative estimate of drug-likeness (QED) is 0.666. The minimum Gasteiger partial charge on any atom is -0.383 e. The van der Waals surface area contributed by atoms with Crippen molar-refractivity contribution < 1.29 is 9.90 Å². The van der Waals surface area contributed by atoms with Gasteiger partial charge in [0, 0.05) is 13.1 Å². The molecule has 0 saturated carbocycles. The molecule has 0 radical (unpaired) electrons. The number of aliphatic hydroxyl groups is 1. The average molecular weight is 171 g/mol. The first-order valence-electron chi connectivity index (χ1n) is 4.72. The van der Waals surface area contributed by atoms with Crippen molar-refractivity contribution in [3.05, 3.63) is 0 Å². The molecule has 0 aromatic carbocycles. The van der Waals surface area contributed by atoms with E-state index in [1.165, 1.54) is 6.42 Å². The van der Waals surface area contributed by atoms with Gasteiger partial charge < -0.3 is 10.0 Å². The first kappa shape index (κ1) is 9.52. The number of likely N-dealkylation sites (tertiary alicyclic amines) is 1. The fraction of sp³-hybridized carbons (Fsp3) is 0.889. The summed E-state index contributed by atoms with van der Waals surface area (Å²) in [4.78, 5) is 13.2. The predicted molar refractivity (Wildman–Crippen MR) is 46.7 cm³/mol. The Labute approximate surface area is 73.4 Å². The van der Waals surface area contributed by atoms with Gasteiger partial charge in [-0.3, -0.25) is 4.79 Å². The van der Waals surface area contributed by atoms with Crippen molar-refractivity contribution >= 4 is 5.91 Å². The Kier molecular flexibility index (Phi) is 3.53. The zero-order valence-corrected chi connectivity index (χ0v) is 7.62. The minimum absolute atomic E-state index is 0.0859. The highest BCUT2D eigenvalue weighted by Crippen LogP contribution is 2.10. The van der Waals surface area contributed by atoms with Crippen molar-refractivity contribution in [3.63, 3.8) is 0 Å². The van der Waals surface area contributed by atoms with Crippen LogP contribution in [-0.2, 0) is 4.79 Å². The van der Waals surface area contributed by atoms with E-state index in [4.69, 9.17) is 0 Å². The number of aliphatic hydroxyl groups excluding tert-OH is 1. The molecule has 0 aliphatic carbocycles. The summed E-state index contributed by atoms with van der Waals surface area (Å²) in [7, 11) is 0. The molecular formula is C9H17NO2. The first-order valence-corrected chi connectivity index (χ1v) is 4.72. The summed E-state index contributed by atoms with van der Waals surface area (Å²) in [5.41, 5.74) is 0. The van der Waals surface area contributed by atoms with Gasteiger partial charge in [0.1, 0.15) is 6.10 Å². The number of hydrogen-bond donors (Lipinski definition) is 1. The standard InChI is InChI=1S/C9H17NO2/c1-2-8(11)9(12)10-6-4-3-5-7-10/h8,11H,2-7H2,1H3. The molecule has 1 rings (SSSR count). The molecule has 1 saturated heterocycles. The van der Waals surface area contributed by atoms with Gasteiger partial charge in [0.05, 0.1) is 0 Å². The van der Waals surface area contributed by atoms with E-state index in [1.54, 1.807) is 4.90 Å². The summed E-state index contributed by atoms with van der Waals surface area (Å²) in [6.45, 7) is 3.48. The minimum atomic E-state index is -0.775. The molecule has 1 aliphatic heterocycles. The normalized spacial score (nSPS) is 20.7. The Bertz CT molecular complexity index is 153. The van der Waals surface area contributed by atoms with Gasteiger partial charge in [0.15, 0.2) is 0 Å². The molecule has 1 unspecified atom stereocenters. The Morgan fingerprint density at radius 3 is 2.50 bits per heavy atom. The molecule has 1 heterocycles. The summed E-state index contributed by atoms with van der Waals surface area (Å²) in [5, 5.41) is 9.29. The van der Waals surface area contributed by atoms with E-state index in [-0.39, 0.29) is 5.91 Å². The molecule has 0 spiro atoms. The van der Waals surface area contributed by atoms with Crippen LogP contribution < -0.4 is 0 Å². The van der Waals surface area contributed by atoms with Crippen LogP contribution >= 0.6 is 0 Å². The van der Waals surface area contributed by atoms with Gasteiger partial charge >= 0.3 is 0 Å². The monoisotopic (exact) mass is 171 g/mol. The number of carbonyl (C=O) groups excluding carboxylic acids is 1. The van der Waals surface area contributed by atoms with Gasteiger partial charge in [-0.1, -0.05) is 6.92 Å². The molecule has 0 aromatic heterocycles. The fourth-order valence-corrected chi connectivity index (χ4v) is 1.50. The highest BCUT2D eigenvalue weighted by molar-refractivity contribution is 5.80. The Morgan fingerprint density at radius 2 is 2.00 bits per heavy atom. The van der Waals surface area contributed by atoms with Gasteiger partial charge in [-0.2, -0.15) is 0 Å². The molecule has 12 heavy (non-hydrogen) atoms. The van der Waals surface area contributed by atoms with Crippen molar-refractivity contribution in [2.24, 2.45) is 0 Å². The van der Waals surface area contributed by atoms with Crippen LogP contribution in [0.3, 0.4) is 0 Å². The molecule has 1 fully saturated rings.